The summed E-state index contributed by atoms with van der Waals surface area (Å²) in [7, 11) is 0. The van der Waals surface area contributed by atoms with Gasteiger partial charge >= 0.3 is 0 Å². The minimum absolute atomic E-state index is 0.562. The van der Waals surface area contributed by atoms with Crippen molar-refractivity contribution >= 4 is 23.2 Å². The molecule has 114 valence electrons. The predicted octanol–water partition coefficient (Wildman–Crippen LogP) is 2.71. The quantitative estimate of drug-likeness (QED) is 0.708. The van der Waals surface area contributed by atoms with Gasteiger partial charge in [0.25, 0.3) is 5.78 Å². The number of anilines is 1. The number of hydrogen-bond donors (Lipinski definition) is 1. The Morgan fingerprint density at radius 2 is 2.09 bits per heavy atom. The molecule has 0 saturated heterocycles. The molecule has 0 atom stereocenters. The van der Waals surface area contributed by atoms with Gasteiger partial charge in [0.05, 0.1) is 13.2 Å². The van der Waals surface area contributed by atoms with Crippen molar-refractivity contribution in [1.82, 2.24) is 19.6 Å². The van der Waals surface area contributed by atoms with E-state index in [1.54, 1.807) is 4.52 Å². The molecule has 3 aromatic rings. The van der Waals surface area contributed by atoms with E-state index in [9.17, 15) is 0 Å². The molecule has 0 amide bonds. The number of rotatable bonds is 6. The zero-order valence-electron chi connectivity index (χ0n) is 12.2. The Hall–Kier alpha value is -2.18. The molecule has 0 saturated carbocycles. The molecule has 22 heavy (non-hydrogen) atoms. The van der Waals surface area contributed by atoms with Gasteiger partial charge in [0.15, 0.2) is 0 Å². The fourth-order valence-electron chi connectivity index (χ4n) is 2.08. The third-order valence-corrected chi connectivity index (χ3v) is 3.37. The van der Waals surface area contributed by atoms with Gasteiger partial charge in [-0.2, -0.15) is 14.6 Å². The van der Waals surface area contributed by atoms with E-state index in [1.165, 1.54) is 6.33 Å². The van der Waals surface area contributed by atoms with Crippen molar-refractivity contribution in [3.63, 3.8) is 0 Å². The van der Waals surface area contributed by atoms with Crippen LogP contribution in [-0.2, 0) is 11.3 Å². The summed E-state index contributed by atoms with van der Waals surface area (Å²) in [4.78, 5) is 8.38. The molecule has 0 aliphatic heterocycles. The number of aryl methyl sites for hydroxylation is 1. The van der Waals surface area contributed by atoms with Crippen LogP contribution < -0.4 is 5.32 Å². The first-order chi connectivity index (χ1) is 10.7. The highest BCUT2D eigenvalue weighted by atomic mass is 35.5. The first-order valence-corrected chi connectivity index (χ1v) is 7.33. The number of nitrogens with one attached hydrogen (secondary N) is 1. The molecule has 2 aromatic heterocycles. The lowest BCUT2D eigenvalue weighted by atomic mass is 10.2. The third kappa shape index (κ3) is 3.52. The van der Waals surface area contributed by atoms with Gasteiger partial charge < -0.3 is 10.1 Å². The monoisotopic (exact) mass is 317 g/mol. The largest absolute Gasteiger partial charge is 0.375 e. The van der Waals surface area contributed by atoms with Crippen LogP contribution >= 0.6 is 11.6 Å². The molecule has 0 fully saturated rings. The second-order valence-corrected chi connectivity index (χ2v) is 5.30. The molecule has 0 radical (unpaired) electrons. The number of ether oxygens (including phenoxy) is 1. The second kappa shape index (κ2) is 6.72. The predicted molar refractivity (Wildman–Crippen MR) is 85.1 cm³/mol. The van der Waals surface area contributed by atoms with Crippen molar-refractivity contribution in [2.24, 2.45) is 0 Å². The standard InChI is InChI=1S/C15H16ClN5O/c1-11-8-14(21-15(20-11)18-10-19-21)17-6-7-22-9-12-2-4-13(16)5-3-12/h2-5,8,10,17H,6-7,9H2,1H3. The normalized spacial score (nSPS) is 11.0. The van der Waals surface area contributed by atoms with Crippen LogP contribution in [0.2, 0.25) is 5.02 Å². The Balaban J connectivity index is 1.50. The maximum absolute atomic E-state index is 5.85. The number of nitrogens with zero attached hydrogens (tertiary/aromatic N) is 4. The molecule has 3 rings (SSSR count). The fraction of sp³-hybridized carbons (Fsp3) is 0.267. The summed E-state index contributed by atoms with van der Waals surface area (Å²) < 4.78 is 7.31. The second-order valence-electron chi connectivity index (χ2n) is 4.86. The maximum atomic E-state index is 5.85. The number of hydrogen-bond acceptors (Lipinski definition) is 5. The molecular formula is C15H16ClN5O. The van der Waals surface area contributed by atoms with Crippen molar-refractivity contribution in [1.29, 1.82) is 0 Å². The molecule has 0 spiro atoms. The molecule has 0 aliphatic rings. The van der Waals surface area contributed by atoms with E-state index in [1.807, 2.05) is 37.3 Å². The highest BCUT2D eigenvalue weighted by molar-refractivity contribution is 6.30. The average Bonchev–Trinajstić information content (AvgIpc) is 2.97. The summed E-state index contributed by atoms with van der Waals surface area (Å²) in [5.74, 6) is 1.44. The Kier molecular flexibility index (Phi) is 4.50. The average molecular weight is 318 g/mol. The van der Waals surface area contributed by atoms with E-state index in [0.717, 1.165) is 22.1 Å². The first kappa shape index (κ1) is 14.7. The van der Waals surface area contributed by atoms with Crippen LogP contribution in [0.1, 0.15) is 11.3 Å². The van der Waals surface area contributed by atoms with Gasteiger partial charge in [-0.25, -0.2) is 4.98 Å². The smallest absolute Gasteiger partial charge is 0.254 e. The van der Waals surface area contributed by atoms with Crippen molar-refractivity contribution in [3.8, 4) is 0 Å². The number of halogens is 1. The summed E-state index contributed by atoms with van der Waals surface area (Å²) >= 11 is 5.85. The molecule has 6 nitrogen and oxygen atoms in total. The minimum Gasteiger partial charge on any atom is -0.375 e. The molecule has 0 aliphatic carbocycles. The first-order valence-electron chi connectivity index (χ1n) is 6.96. The Labute approximate surface area is 133 Å². The molecular weight excluding hydrogens is 302 g/mol. The van der Waals surface area contributed by atoms with E-state index < -0.39 is 0 Å². The zero-order chi connectivity index (χ0) is 15.4. The highest BCUT2D eigenvalue weighted by Gasteiger charge is 2.04. The van der Waals surface area contributed by atoms with Crippen molar-refractivity contribution in [2.75, 3.05) is 18.5 Å². The van der Waals surface area contributed by atoms with Gasteiger partial charge in [0.1, 0.15) is 12.1 Å². The molecule has 1 N–H and O–H groups in total. The number of aromatic nitrogens is 4. The summed E-state index contributed by atoms with van der Waals surface area (Å²) in [5, 5.41) is 8.16. The molecule has 0 bridgehead atoms. The van der Waals surface area contributed by atoms with E-state index in [2.05, 4.69) is 20.4 Å². The van der Waals surface area contributed by atoms with Gasteiger partial charge in [-0.1, -0.05) is 23.7 Å². The summed E-state index contributed by atoms with van der Waals surface area (Å²) in [6, 6.07) is 9.57. The fourth-order valence-corrected chi connectivity index (χ4v) is 2.20. The zero-order valence-corrected chi connectivity index (χ0v) is 12.9. The van der Waals surface area contributed by atoms with E-state index >= 15 is 0 Å². The molecule has 1 aromatic carbocycles. The minimum atomic E-state index is 0.562. The SMILES string of the molecule is Cc1cc(NCCOCc2ccc(Cl)cc2)n2ncnc2n1. The Bertz CT molecular complexity index is 756. The topological polar surface area (TPSA) is 64.3 Å². The van der Waals surface area contributed by atoms with Gasteiger partial charge in [-0.15, -0.1) is 0 Å². The van der Waals surface area contributed by atoms with E-state index in [-0.39, 0.29) is 0 Å². The van der Waals surface area contributed by atoms with Crippen molar-refractivity contribution in [2.45, 2.75) is 13.5 Å². The molecule has 7 heteroatoms. The highest BCUT2D eigenvalue weighted by Crippen LogP contribution is 2.11. The number of fused-ring (bicyclic) bond motifs is 1. The molecule has 0 unspecified atom stereocenters. The van der Waals surface area contributed by atoms with Crippen LogP contribution in [0.3, 0.4) is 0 Å². The van der Waals surface area contributed by atoms with E-state index in [4.69, 9.17) is 16.3 Å². The lowest BCUT2D eigenvalue weighted by Crippen LogP contribution is -2.13. The maximum Gasteiger partial charge on any atom is 0.254 e. The Morgan fingerprint density at radius 3 is 2.91 bits per heavy atom. The van der Waals surface area contributed by atoms with Gasteiger partial charge in [0.2, 0.25) is 0 Å². The van der Waals surface area contributed by atoms with E-state index in [0.29, 0.717) is 25.5 Å². The van der Waals surface area contributed by atoms with Crippen LogP contribution in [0.15, 0.2) is 36.7 Å². The van der Waals surface area contributed by atoms with Crippen LogP contribution in [0.25, 0.3) is 5.78 Å². The summed E-state index contributed by atoms with van der Waals surface area (Å²) in [6.07, 6.45) is 1.49. The summed E-state index contributed by atoms with van der Waals surface area (Å²) in [5.41, 5.74) is 1.99. The van der Waals surface area contributed by atoms with Crippen molar-refractivity contribution < 1.29 is 4.74 Å². The van der Waals surface area contributed by atoms with Gasteiger partial charge in [0, 0.05) is 23.3 Å². The Morgan fingerprint density at radius 1 is 1.27 bits per heavy atom. The van der Waals surface area contributed by atoms with Crippen molar-refractivity contribution in [3.05, 3.63) is 52.9 Å². The van der Waals surface area contributed by atoms with Crippen LogP contribution in [0.5, 0.6) is 0 Å². The lowest BCUT2D eigenvalue weighted by Gasteiger charge is -2.09. The van der Waals surface area contributed by atoms with Crippen LogP contribution in [0, 0.1) is 6.92 Å². The number of benzene rings is 1. The van der Waals surface area contributed by atoms with Gasteiger partial charge in [-0.05, 0) is 24.6 Å². The lowest BCUT2D eigenvalue weighted by molar-refractivity contribution is 0.130. The molecule has 2 heterocycles. The van der Waals surface area contributed by atoms with Crippen LogP contribution in [0.4, 0.5) is 5.82 Å². The third-order valence-electron chi connectivity index (χ3n) is 3.11. The summed E-state index contributed by atoms with van der Waals surface area (Å²) in [6.45, 7) is 3.75. The van der Waals surface area contributed by atoms with Gasteiger partial charge in [-0.3, -0.25) is 0 Å². The van der Waals surface area contributed by atoms with Crippen LogP contribution in [-0.4, -0.2) is 32.7 Å².